The largest absolute Gasteiger partial charge is 0.382 e. The smallest absolute Gasteiger partial charge is 0.220 e. The van der Waals surface area contributed by atoms with E-state index in [-0.39, 0.29) is 11.8 Å². The molecule has 210 valence electrons. The van der Waals surface area contributed by atoms with Crippen LogP contribution in [0, 0.1) is 0 Å². The zero-order valence-electron chi connectivity index (χ0n) is 23.9. The van der Waals surface area contributed by atoms with E-state index in [9.17, 15) is 9.59 Å². The number of nitrogens with one attached hydrogen (secondary N) is 2. The Morgan fingerprint density at radius 1 is 0.543 bits per heavy atom. The van der Waals surface area contributed by atoms with Crippen molar-refractivity contribution in [3.05, 3.63) is 0 Å². The van der Waals surface area contributed by atoms with Crippen LogP contribution in [-0.4, -0.2) is 51.8 Å². The Morgan fingerprint density at radius 2 is 0.971 bits per heavy atom. The van der Waals surface area contributed by atoms with Crippen molar-refractivity contribution in [1.82, 2.24) is 10.6 Å². The molecule has 0 aromatic carbocycles. The summed E-state index contributed by atoms with van der Waals surface area (Å²) in [5, 5.41) is 5.73. The van der Waals surface area contributed by atoms with E-state index in [1.54, 1.807) is 7.11 Å². The van der Waals surface area contributed by atoms with Gasteiger partial charge in [-0.25, -0.2) is 0 Å². The van der Waals surface area contributed by atoms with Crippen molar-refractivity contribution in [3.63, 3.8) is 0 Å². The SMILES string of the molecule is CC.CCCCCCCCCCCCCCCCCC(=O)NCCCC(=O)NCCOCCOC. The van der Waals surface area contributed by atoms with Crippen molar-refractivity contribution in [3.8, 4) is 0 Å². The van der Waals surface area contributed by atoms with Crippen LogP contribution in [0.1, 0.15) is 136 Å². The summed E-state index contributed by atoms with van der Waals surface area (Å²) in [6.45, 7) is 8.94. The highest BCUT2D eigenvalue weighted by atomic mass is 16.5. The molecule has 0 bridgehead atoms. The number of ether oxygens (including phenoxy) is 2. The van der Waals surface area contributed by atoms with E-state index in [1.807, 2.05) is 13.8 Å². The number of rotatable bonds is 26. The molecule has 0 aliphatic heterocycles. The first-order valence-corrected chi connectivity index (χ1v) is 14.8. The van der Waals surface area contributed by atoms with E-state index >= 15 is 0 Å². The van der Waals surface area contributed by atoms with Crippen LogP contribution in [0.25, 0.3) is 0 Å². The maximum Gasteiger partial charge on any atom is 0.220 e. The molecule has 35 heavy (non-hydrogen) atoms. The Labute approximate surface area is 218 Å². The number of amides is 2. The third-order valence-corrected chi connectivity index (χ3v) is 5.91. The topological polar surface area (TPSA) is 76.7 Å². The van der Waals surface area contributed by atoms with Crippen molar-refractivity contribution in [2.45, 2.75) is 136 Å². The number of hydrogen-bond acceptors (Lipinski definition) is 4. The summed E-state index contributed by atoms with van der Waals surface area (Å²) in [7, 11) is 1.63. The van der Waals surface area contributed by atoms with Gasteiger partial charge in [0.1, 0.15) is 0 Å². The second-order valence-electron chi connectivity index (χ2n) is 9.11. The van der Waals surface area contributed by atoms with E-state index in [0.717, 1.165) is 12.8 Å². The van der Waals surface area contributed by atoms with E-state index in [0.29, 0.717) is 52.2 Å². The molecule has 0 radical (unpaired) electrons. The van der Waals surface area contributed by atoms with Gasteiger partial charge in [0.2, 0.25) is 11.8 Å². The highest BCUT2D eigenvalue weighted by Crippen LogP contribution is 2.13. The summed E-state index contributed by atoms with van der Waals surface area (Å²) >= 11 is 0. The van der Waals surface area contributed by atoms with Crippen LogP contribution in [0.2, 0.25) is 0 Å². The summed E-state index contributed by atoms with van der Waals surface area (Å²) in [5.41, 5.74) is 0. The normalized spacial score (nSPS) is 10.5. The number of methoxy groups -OCH3 is 1. The second-order valence-corrected chi connectivity index (χ2v) is 9.11. The fraction of sp³-hybridized carbons (Fsp3) is 0.931. The Bertz CT molecular complexity index is 433. The molecule has 0 atom stereocenters. The molecular weight excluding hydrogens is 440 g/mol. The first-order valence-electron chi connectivity index (χ1n) is 14.8. The lowest BCUT2D eigenvalue weighted by Gasteiger charge is -2.07. The van der Waals surface area contributed by atoms with E-state index in [2.05, 4.69) is 17.6 Å². The van der Waals surface area contributed by atoms with Crippen LogP contribution >= 0.6 is 0 Å². The predicted molar refractivity (Wildman–Crippen MR) is 149 cm³/mol. The lowest BCUT2D eigenvalue weighted by molar-refractivity contribution is -0.123. The molecule has 0 heterocycles. The third kappa shape index (κ3) is 32.9. The van der Waals surface area contributed by atoms with Crippen LogP contribution in [0.4, 0.5) is 0 Å². The standard InChI is InChI=1S/C27H54N2O4.C2H6/c1-3-4-5-6-7-8-9-10-11-12-13-14-15-16-17-19-26(30)28-21-18-20-27(31)29-22-23-33-25-24-32-2;1-2/h3-25H2,1-2H3,(H,28,30)(H,29,31);1-2H3. The maximum atomic E-state index is 11.9. The monoisotopic (exact) mass is 500 g/mol. The predicted octanol–water partition coefficient (Wildman–Crippen LogP) is 6.95. The van der Waals surface area contributed by atoms with E-state index < -0.39 is 0 Å². The number of hydrogen-bond donors (Lipinski definition) is 2. The molecule has 0 aliphatic rings. The quantitative estimate of drug-likeness (QED) is 0.126. The van der Waals surface area contributed by atoms with Gasteiger partial charge in [0.05, 0.1) is 19.8 Å². The molecule has 0 saturated heterocycles. The van der Waals surface area contributed by atoms with Gasteiger partial charge in [0.25, 0.3) is 0 Å². The Morgan fingerprint density at radius 3 is 1.46 bits per heavy atom. The molecule has 6 heteroatoms. The van der Waals surface area contributed by atoms with Crippen molar-refractivity contribution < 1.29 is 19.1 Å². The van der Waals surface area contributed by atoms with Crippen LogP contribution < -0.4 is 10.6 Å². The second kappa shape index (κ2) is 32.9. The van der Waals surface area contributed by atoms with Gasteiger partial charge in [-0.05, 0) is 12.8 Å². The van der Waals surface area contributed by atoms with Crippen molar-refractivity contribution in [2.75, 3.05) is 40.0 Å². The molecule has 2 amide bonds. The van der Waals surface area contributed by atoms with Gasteiger partial charge in [-0.3, -0.25) is 9.59 Å². The van der Waals surface area contributed by atoms with E-state index in [4.69, 9.17) is 9.47 Å². The minimum absolute atomic E-state index is 0.00185. The Kier molecular flexibility index (Phi) is 33.8. The number of carbonyl (C=O) groups is 2. The van der Waals surface area contributed by atoms with Crippen molar-refractivity contribution in [1.29, 1.82) is 0 Å². The molecule has 0 fully saturated rings. The molecule has 0 spiro atoms. The lowest BCUT2D eigenvalue weighted by Crippen LogP contribution is -2.29. The average molecular weight is 501 g/mol. The third-order valence-electron chi connectivity index (χ3n) is 5.91. The molecule has 6 nitrogen and oxygen atoms in total. The molecule has 0 unspecified atom stereocenters. The van der Waals surface area contributed by atoms with Crippen LogP contribution in [0.15, 0.2) is 0 Å². The first-order chi connectivity index (χ1) is 17.2. The van der Waals surface area contributed by atoms with Gasteiger partial charge in [0, 0.05) is 33.0 Å². The van der Waals surface area contributed by atoms with Gasteiger partial charge in [0.15, 0.2) is 0 Å². The minimum atomic E-state index is 0.00185. The van der Waals surface area contributed by atoms with Crippen LogP contribution in [0.5, 0.6) is 0 Å². The summed E-state index contributed by atoms with van der Waals surface area (Å²) in [5.74, 6) is 0.110. The molecular formula is C29H60N2O4. The fourth-order valence-electron chi connectivity index (χ4n) is 3.82. The van der Waals surface area contributed by atoms with Gasteiger partial charge < -0.3 is 20.1 Å². The summed E-state index contributed by atoms with van der Waals surface area (Å²) in [4.78, 5) is 23.6. The zero-order chi connectivity index (χ0) is 26.2. The molecule has 0 aromatic heterocycles. The molecule has 0 aromatic rings. The summed E-state index contributed by atoms with van der Waals surface area (Å²) in [6.07, 6.45) is 21.7. The van der Waals surface area contributed by atoms with Gasteiger partial charge >= 0.3 is 0 Å². The Hall–Kier alpha value is -1.14. The van der Waals surface area contributed by atoms with Crippen molar-refractivity contribution in [2.24, 2.45) is 0 Å². The van der Waals surface area contributed by atoms with Gasteiger partial charge in [-0.15, -0.1) is 0 Å². The molecule has 0 saturated carbocycles. The molecule has 0 aliphatic carbocycles. The summed E-state index contributed by atoms with van der Waals surface area (Å²) < 4.78 is 10.2. The summed E-state index contributed by atoms with van der Waals surface area (Å²) in [6, 6.07) is 0. The first kappa shape index (κ1) is 36.0. The number of unbranched alkanes of at least 4 members (excludes halogenated alkanes) is 14. The molecule has 0 rings (SSSR count). The zero-order valence-corrected chi connectivity index (χ0v) is 23.9. The lowest BCUT2D eigenvalue weighted by atomic mass is 10.0. The Balaban J connectivity index is 0. The van der Waals surface area contributed by atoms with Gasteiger partial charge in [-0.1, -0.05) is 111 Å². The fourth-order valence-corrected chi connectivity index (χ4v) is 3.82. The average Bonchev–Trinajstić information content (AvgIpc) is 2.87. The van der Waals surface area contributed by atoms with Gasteiger partial charge in [-0.2, -0.15) is 0 Å². The van der Waals surface area contributed by atoms with Crippen molar-refractivity contribution >= 4 is 11.8 Å². The number of carbonyl (C=O) groups excluding carboxylic acids is 2. The van der Waals surface area contributed by atoms with E-state index in [1.165, 1.54) is 83.5 Å². The van der Waals surface area contributed by atoms with Crippen LogP contribution in [0.3, 0.4) is 0 Å². The highest BCUT2D eigenvalue weighted by molar-refractivity contribution is 5.77. The molecule has 2 N–H and O–H groups in total. The highest BCUT2D eigenvalue weighted by Gasteiger charge is 2.03. The minimum Gasteiger partial charge on any atom is -0.382 e. The maximum absolute atomic E-state index is 11.9. The van der Waals surface area contributed by atoms with Crippen LogP contribution in [-0.2, 0) is 19.1 Å².